The molecule has 0 aliphatic heterocycles. The van der Waals surface area contributed by atoms with Gasteiger partial charge >= 0.3 is 0 Å². The van der Waals surface area contributed by atoms with E-state index in [0.29, 0.717) is 11.3 Å². The van der Waals surface area contributed by atoms with Crippen molar-refractivity contribution in [2.45, 2.75) is 0 Å². The monoisotopic (exact) mass is 207 g/mol. The number of thiazole rings is 1. The Morgan fingerprint density at radius 3 is 2.85 bits per heavy atom. The Hall–Kier alpha value is -0.935. The summed E-state index contributed by atoms with van der Waals surface area (Å²) in [6.07, 6.45) is 1.59. The zero-order valence-corrected chi connectivity index (χ0v) is 8.01. The molecule has 2 heterocycles. The lowest BCUT2D eigenvalue weighted by Crippen LogP contribution is -2.01. The van der Waals surface area contributed by atoms with Gasteiger partial charge in [-0.2, -0.15) is 0 Å². The summed E-state index contributed by atoms with van der Waals surface area (Å²) in [6, 6.07) is 1.74. The minimum Gasteiger partial charge on any atom is -0.251 e. The first kappa shape index (κ1) is 8.65. The molecule has 0 aliphatic carbocycles. The van der Waals surface area contributed by atoms with Crippen LogP contribution in [0.15, 0.2) is 17.6 Å². The van der Waals surface area contributed by atoms with Gasteiger partial charge in [0.2, 0.25) is 5.28 Å². The zero-order chi connectivity index (χ0) is 9.26. The van der Waals surface area contributed by atoms with E-state index in [2.05, 4.69) is 15.0 Å². The van der Waals surface area contributed by atoms with Gasteiger partial charge < -0.3 is 0 Å². The van der Waals surface area contributed by atoms with Crippen molar-refractivity contribution < 1.29 is 0 Å². The Morgan fingerprint density at radius 2 is 2.23 bits per heavy atom. The highest BCUT2D eigenvalue weighted by Gasteiger charge is 2.03. The second kappa shape index (κ2) is 3.43. The van der Waals surface area contributed by atoms with Crippen LogP contribution in [0, 0.1) is 0 Å². The maximum Gasteiger partial charge on any atom is 0.222 e. The lowest BCUT2D eigenvalue weighted by Gasteiger charge is -1.93. The maximum absolute atomic E-state index is 5.62. The Bertz CT molecular complexity index is 431. The van der Waals surface area contributed by atoms with Crippen LogP contribution in [-0.2, 0) is 0 Å². The molecule has 0 spiro atoms. The minimum atomic E-state index is 0.214. The van der Waals surface area contributed by atoms with Crippen molar-refractivity contribution in [1.82, 2.24) is 15.0 Å². The van der Waals surface area contributed by atoms with Crippen LogP contribution in [0.2, 0.25) is 5.28 Å². The van der Waals surface area contributed by atoms with Gasteiger partial charge in [0.05, 0.1) is 0 Å². The van der Waals surface area contributed by atoms with E-state index in [1.807, 2.05) is 0 Å². The Balaban J connectivity index is 2.46. The molecule has 2 aromatic rings. The van der Waals surface area contributed by atoms with E-state index in [0.717, 1.165) is 5.01 Å². The van der Waals surface area contributed by atoms with Crippen molar-refractivity contribution in [3.63, 3.8) is 0 Å². The fraction of sp³-hybridized carbons (Fsp3) is 0. The first-order valence-electron chi connectivity index (χ1n) is 3.45. The molecule has 6 heteroatoms. The summed E-state index contributed by atoms with van der Waals surface area (Å²) >= 11 is 7.05. The first-order valence-corrected chi connectivity index (χ1v) is 4.71. The summed E-state index contributed by atoms with van der Waals surface area (Å²) in [7, 11) is 5.48. The molecular formula is C7H3BClN3S. The predicted molar refractivity (Wildman–Crippen MR) is 53.5 cm³/mol. The van der Waals surface area contributed by atoms with E-state index < -0.39 is 0 Å². The Kier molecular flexibility index (Phi) is 2.29. The molecule has 0 saturated heterocycles. The van der Waals surface area contributed by atoms with Gasteiger partial charge in [0.25, 0.3) is 0 Å². The van der Waals surface area contributed by atoms with Crippen LogP contribution in [0.4, 0.5) is 0 Å². The van der Waals surface area contributed by atoms with E-state index in [1.54, 1.807) is 17.6 Å². The Morgan fingerprint density at radius 1 is 1.38 bits per heavy atom. The fourth-order valence-electron chi connectivity index (χ4n) is 0.858. The highest BCUT2D eigenvalue weighted by Crippen LogP contribution is 2.18. The molecular weight excluding hydrogens is 204 g/mol. The summed E-state index contributed by atoms with van der Waals surface area (Å²) in [6.45, 7) is 0. The van der Waals surface area contributed by atoms with E-state index in [1.165, 1.54) is 11.3 Å². The van der Waals surface area contributed by atoms with Gasteiger partial charge in [-0.25, -0.2) is 9.97 Å². The average molecular weight is 207 g/mol. The smallest absolute Gasteiger partial charge is 0.222 e. The molecule has 2 rings (SSSR count). The van der Waals surface area contributed by atoms with Crippen LogP contribution in [0.3, 0.4) is 0 Å². The molecule has 13 heavy (non-hydrogen) atoms. The molecule has 62 valence electrons. The molecule has 0 N–H and O–H groups in total. The number of nitrogens with zero attached hydrogens (tertiary/aromatic N) is 3. The molecule has 3 nitrogen and oxygen atoms in total. The molecule has 0 aromatic carbocycles. The highest BCUT2D eigenvalue weighted by atomic mass is 35.5. The second-order valence-electron chi connectivity index (χ2n) is 2.29. The van der Waals surface area contributed by atoms with Crippen LogP contribution in [0.5, 0.6) is 0 Å². The molecule has 2 radical (unpaired) electrons. The van der Waals surface area contributed by atoms with Gasteiger partial charge in [-0.05, 0) is 23.3 Å². The number of aromatic nitrogens is 3. The van der Waals surface area contributed by atoms with E-state index in [4.69, 9.17) is 19.4 Å². The van der Waals surface area contributed by atoms with Crippen molar-refractivity contribution in [1.29, 1.82) is 0 Å². The quantitative estimate of drug-likeness (QED) is 0.518. The molecule has 0 atom stereocenters. The van der Waals surface area contributed by atoms with E-state index in [-0.39, 0.29) is 5.28 Å². The molecule has 0 aliphatic rings. The number of hydrogen-bond donors (Lipinski definition) is 0. The van der Waals surface area contributed by atoms with Gasteiger partial charge in [-0.1, -0.05) is 0 Å². The van der Waals surface area contributed by atoms with Crippen LogP contribution in [-0.4, -0.2) is 22.8 Å². The Labute approximate surface area is 85.2 Å². The summed E-state index contributed by atoms with van der Waals surface area (Å²) in [5.41, 5.74) is 1.19. The topological polar surface area (TPSA) is 38.7 Å². The standard InChI is InChI=1S/C7H3BClN3S/c8-5-3-13-6(12-5)4-1-2-10-7(9)11-4/h1-3H. The third kappa shape index (κ3) is 1.87. The molecule has 0 bridgehead atoms. The highest BCUT2D eigenvalue weighted by molar-refractivity contribution is 7.13. The predicted octanol–water partition coefficient (Wildman–Crippen LogP) is 1.05. The molecule has 0 fully saturated rings. The average Bonchev–Trinajstić information content (AvgIpc) is 2.52. The van der Waals surface area contributed by atoms with Crippen LogP contribution in [0.25, 0.3) is 10.7 Å². The van der Waals surface area contributed by atoms with Gasteiger partial charge in [-0.15, -0.1) is 11.3 Å². The third-order valence-electron chi connectivity index (χ3n) is 1.37. The van der Waals surface area contributed by atoms with Crippen molar-refractivity contribution in [2.75, 3.05) is 0 Å². The summed E-state index contributed by atoms with van der Waals surface area (Å²) in [5.74, 6) is 0. The summed E-state index contributed by atoms with van der Waals surface area (Å²) in [4.78, 5) is 11.8. The molecule has 0 unspecified atom stereocenters. The fourth-order valence-corrected chi connectivity index (χ4v) is 1.68. The zero-order valence-electron chi connectivity index (χ0n) is 6.44. The van der Waals surface area contributed by atoms with Crippen LogP contribution < -0.4 is 5.59 Å². The SMILES string of the molecule is [B]c1csc(-c2ccnc(Cl)n2)n1. The summed E-state index contributed by atoms with van der Waals surface area (Å²) in [5, 5.41) is 2.72. The normalized spacial score (nSPS) is 10.2. The maximum atomic E-state index is 5.62. The number of hydrogen-bond acceptors (Lipinski definition) is 4. The summed E-state index contributed by atoms with van der Waals surface area (Å²) < 4.78 is 0. The van der Waals surface area contributed by atoms with Crippen LogP contribution in [0.1, 0.15) is 0 Å². The molecule has 0 amide bonds. The lowest BCUT2D eigenvalue weighted by molar-refractivity contribution is 1.17. The van der Waals surface area contributed by atoms with Crippen molar-refractivity contribution in [3.05, 3.63) is 22.9 Å². The van der Waals surface area contributed by atoms with Gasteiger partial charge in [0.15, 0.2) is 0 Å². The minimum absolute atomic E-state index is 0.214. The van der Waals surface area contributed by atoms with Gasteiger partial charge in [0, 0.05) is 11.6 Å². The largest absolute Gasteiger partial charge is 0.251 e. The second-order valence-corrected chi connectivity index (χ2v) is 3.48. The van der Waals surface area contributed by atoms with Crippen molar-refractivity contribution in [2.24, 2.45) is 0 Å². The molecule has 2 aromatic heterocycles. The van der Waals surface area contributed by atoms with Gasteiger partial charge in [0.1, 0.15) is 18.5 Å². The van der Waals surface area contributed by atoms with E-state index in [9.17, 15) is 0 Å². The van der Waals surface area contributed by atoms with Crippen molar-refractivity contribution >= 4 is 36.4 Å². The molecule has 0 saturated carbocycles. The van der Waals surface area contributed by atoms with E-state index >= 15 is 0 Å². The van der Waals surface area contributed by atoms with Crippen LogP contribution >= 0.6 is 22.9 Å². The number of halogens is 1. The number of rotatable bonds is 1. The first-order chi connectivity index (χ1) is 6.25. The lowest BCUT2D eigenvalue weighted by atomic mass is 10.1. The third-order valence-corrected chi connectivity index (χ3v) is 2.43. The van der Waals surface area contributed by atoms with Gasteiger partial charge in [-0.3, -0.25) is 4.98 Å². The van der Waals surface area contributed by atoms with Crippen molar-refractivity contribution in [3.8, 4) is 10.7 Å².